The fourth-order valence-electron chi connectivity index (χ4n) is 2.50. The lowest BCUT2D eigenvalue weighted by Crippen LogP contribution is -2.01. The minimum Gasteiger partial charge on any atom is -0.492 e. The van der Waals surface area contributed by atoms with E-state index in [4.69, 9.17) is 21.4 Å². The molecule has 0 saturated heterocycles. The molecule has 0 radical (unpaired) electrons. The number of nitrogens with zero attached hydrogens (tertiary/aromatic N) is 1. The number of para-hydroxylation sites is 2. The summed E-state index contributed by atoms with van der Waals surface area (Å²) in [5, 5.41) is 10.2. The van der Waals surface area contributed by atoms with Gasteiger partial charge in [0, 0.05) is 5.75 Å². The molecule has 3 rings (SSSR count). The van der Waals surface area contributed by atoms with Crippen LogP contribution in [0.15, 0.2) is 47.6 Å². The van der Waals surface area contributed by atoms with E-state index < -0.39 is 5.97 Å². The van der Waals surface area contributed by atoms with E-state index in [2.05, 4.69) is 9.97 Å². The normalized spacial score (nSPS) is 11.0. The number of aromatic amines is 1. The van der Waals surface area contributed by atoms with Gasteiger partial charge in [-0.15, -0.1) is 0 Å². The van der Waals surface area contributed by atoms with Crippen LogP contribution in [0.5, 0.6) is 5.75 Å². The minimum atomic E-state index is -0.878. The number of fused-ring (bicyclic) bond motifs is 1. The van der Waals surface area contributed by atoms with Gasteiger partial charge in [0.05, 0.1) is 29.1 Å². The first-order valence-corrected chi connectivity index (χ1v) is 9.69. The fraction of sp³-hybridized carbons (Fsp3) is 0.263. The smallest absolute Gasteiger partial charge is 0.307 e. The molecule has 0 aliphatic rings. The Bertz CT molecular complexity index is 864. The van der Waals surface area contributed by atoms with Crippen molar-refractivity contribution in [2.45, 2.75) is 24.4 Å². The van der Waals surface area contributed by atoms with Crippen LogP contribution in [0.2, 0.25) is 5.02 Å². The first-order valence-electron chi connectivity index (χ1n) is 8.32. The summed E-state index contributed by atoms with van der Waals surface area (Å²) in [6.45, 7) is 0.568. The first kappa shape index (κ1) is 18.6. The predicted molar refractivity (Wildman–Crippen MR) is 104 cm³/mol. The lowest BCUT2D eigenvalue weighted by Gasteiger charge is -2.09. The van der Waals surface area contributed by atoms with E-state index in [1.807, 2.05) is 24.3 Å². The van der Waals surface area contributed by atoms with Crippen LogP contribution >= 0.6 is 23.4 Å². The minimum absolute atomic E-state index is 0.0426. The molecule has 0 fully saturated rings. The van der Waals surface area contributed by atoms with Crippen molar-refractivity contribution in [1.29, 1.82) is 0 Å². The van der Waals surface area contributed by atoms with E-state index >= 15 is 0 Å². The number of nitrogens with one attached hydrogen (secondary N) is 1. The van der Waals surface area contributed by atoms with Crippen molar-refractivity contribution in [2.75, 3.05) is 12.4 Å². The molecule has 2 aromatic carbocycles. The van der Waals surface area contributed by atoms with Gasteiger partial charge < -0.3 is 14.8 Å². The Morgan fingerprint density at radius 3 is 2.85 bits per heavy atom. The maximum Gasteiger partial charge on any atom is 0.307 e. The van der Waals surface area contributed by atoms with Gasteiger partial charge in [-0.1, -0.05) is 41.6 Å². The Balaban J connectivity index is 1.38. The van der Waals surface area contributed by atoms with Crippen molar-refractivity contribution < 1.29 is 14.6 Å². The lowest BCUT2D eigenvalue weighted by molar-refractivity contribution is -0.136. The maximum absolute atomic E-state index is 10.7. The van der Waals surface area contributed by atoms with E-state index in [0.717, 1.165) is 34.8 Å². The summed E-state index contributed by atoms with van der Waals surface area (Å²) >= 11 is 7.84. The molecule has 0 saturated carbocycles. The summed E-state index contributed by atoms with van der Waals surface area (Å²) in [5.74, 6) is 0.663. The largest absolute Gasteiger partial charge is 0.492 e. The molecular weight excluding hydrogens is 372 g/mol. The highest BCUT2D eigenvalue weighted by Gasteiger charge is 2.06. The number of hydrogen-bond acceptors (Lipinski definition) is 4. The number of hydrogen-bond donors (Lipinski definition) is 2. The number of benzene rings is 2. The van der Waals surface area contributed by atoms with E-state index in [1.165, 1.54) is 0 Å². The van der Waals surface area contributed by atoms with Gasteiger partial charge in [0.25, 0.3) is 0 Å². The number of carboxylic acid groups (broad SMARTS) is 1. The number of aromatic nitrogens is 2. The summed E-state index contributed by atoms with van der Waals surface area (Å²) in [5.41, 5.74) is 2.70. The molecule has 0 spiro atoms. The Morgan fingerprint density at radius 2 is 2.08 bits per heavy atom. The van der Waals surface area contributed by atoms with Gasteiger partial charge in [-0.25, -0.2) is 4.98 Å². The zero-order chi connectivity index (χ0) is 18.4. The SMILES string of the molecule is O=C(O)Cc1ccc(OCCCCSc2nc3ccccc3[nH]2)c(Cl)c1. The van der Waals surface area contributed by atoms with Gasteiger partial charge in [0.1, 0.15) is 5.75 Å². The zero-order valence-electron chi connectivity index (χ0n) is 14.1. The number of carboxylic acids is 1. The molecule has 1 heterocycles. The number of carbonyl (C=O) groups is 1. The lowest BCUT2D eigenvalue weighted by atomic mass is 10.1. The second kappa shape index (κ2) is 8.96. The van der Waals surface area contributed by atoms with Crippen molar-refractivity contribution in [3.05, 3.63) is 53.1 Å². The van der Waals surface area contributed by atoms with Crippen LogP contribution in [0.25, 0.3) is 11.0 Å². The van der Waals surface area contributed by atoms with Crippen LogP contribution in [0, 0.1) is 0 Å². The molecule has 0 aliphatic carbocycles. The number of aliphatic carboxylic acids is 1. The van der Waals surface area contributed by atoms with Crippen LogP contribution in [-0.4, -0.2) is 33.4 Å². The monoisotopic (exact) mass is 390 g/mol. The Kier molecular flexibility index (Phi) is 6.41. The third-order valence-electron chi connectivity index (χ3n) is 3.75. The molecular formula is C19H19ClN2O3S. The Hall–Kier alpha value is -2.18. The van der Waals surface area contributed by atoms with Crippen molar-refractivity contribution in [3.8, 4) is 5.75 Å². The van der Waals surface area contributed by atoms with Crippen LogP contribution in [0.1, 0.15) is 18.4 Å². The van der Waals surface area contributed by atoms with Crippen molar-refractivity contribution in [2.24, 2.45) is 0 Å². The molecule has 7 heteroatoms. The first-order chi connectivity index (χ1) is 12.6. The highest BCUT2D eigenvalue weighted by molar-refractivity contribution is 7.99. The van der Waals surface area contributed by atoms with Gasteiger partial charge >= 0.3 is 5.97 Å². The molecule has 26 heavy (non-hydrogen) atoms. The van der Waals surface area contributed by atoms with Gasteiger partial charge in [0.2, 0.25) is 0 Å². The third-order valence-corrected chi connectivity index (χ3v) is 5.01. The number of thioether (sulfide) groups is 1. The summed E-state index contributed by atoms with van der Waals surface area (Å²) in [6, 6.07) is 13.1. The number of H-pyrrole nitrogens is 1. The highest BCUT2D eigenvalue weighted by atomic mass is 35.5. The molecule has 136 valence electrons. The maximum atomic E-state index is 10.7. The molecule has 1 aromatic heterocycles. The van der Waals surface area contributed by atoms with Crippen LogP contribution in [0.4, 0.5) is 0 Å². The summed E-state index contributed by atoms with van der Waals surface area (Å²) in [6.07, 6.45) is 1.86. The molecule has 3 aromatic rings. The predicted octanol–water partition coefficient (Wildman–Crippen LogP) is 4.79. The average Bonchev–Trinajstić information content (AvgIpc) is 3.01. The molecule has 0 aliphatic heterocycles. The van der Waals surface area contributed by atoms with E-state index in [9.17, 15) is 4.79 Å². The van der Waals surface area contributed by atoms with Crippen molar-refractivity contribution in [1.82, 2.24) is 9.97 Å². The second-order valence-corrected chi connectivity index (χ2v) is 7.29. The van der Waals surface area contributed by atoms with Crippen molar-refractivity contribution >= 4 is 40.4 Å². The van der Waals surface area contributed by atoms with Gasteiger partial charge in [-0.05, 0) is 42.7 Å². The van der Waals surface area contributed by atoms with Crippen LogP contribution in [0.3, 0.4) is 0 Å². The highest BCUT2D eigenvalue weighted by Crippen LogP contribution is 2.26. The second-order valence-electron chi connectivity index (χ2n) is 5.80. The number of ether oxygens (including phenoxy) is 1. The molecule has 2 N–H and O–H groups in total. The third kappa shape index (κ3) is 5.16. The number of imidazole rings is 1. The number of rotatable bonds is 9. The molecule has 0 atom stereocenters. The van der Waals surface area contributed by atoms with Gasteiger partial charge in [-0.3, -0.25) is 4.79 Å². The Morgan fingerprint density at radius 1 is 1.23 bits per heavy atom. The summed E-state index contributed by atoms with van der Waals surface area (Å²) < 4.78 is 5.68. The quantitative estimate of drug-likeness (QED) is 0.405. The van der Waals surface area contributed by atoms with Gasteiger partial charge in [0.15, 0.2) is 5.16 Å². The van der Waals surface area contributed by atoms with E-state index in [-0.39, 0.29) is 6.42 Å². The topological polar surface area (TPSA) is 75.2 Å². The van der Waals surface area contributed by atoms with Crippen molar-refractivity contribution in [3.63, 3.8) is 0 Å². The zero-order valence-corrected chi connectivity index (χ0v) is 15.6. The standard InChI is InChI=1S/C19H19ClN2O3S/c20-14-11-13(12-18(23)24)7-8-17(14)25-9-3-4-10-26-19-21-15-5-1-2-6-16(15)22-19/h1-2,5-8,11H,3-4,9-10,12H2,(H,21,22)(H,23,24). The average molecular weight is 391 g/mol. The molecule has 0 unspecified atom stereocenters. The van der Waals surface area contributed by atoms with E-state index in [1.54, 1.807) is 30.0 Å². The molecule has 0 amide bonds. The Labute approximate surface area is 160 Å². The number of unbranched alkanes of at least 4 members (excludes halogenated alkanes) is 1. The fourth-order valence-corrected chi connectivity index (χ4v) is 3.64. The molecule has 0 bridgehead atoms. The molecule has 5 nitrogen and oxygen atoms in total. The summed E-state index contributed by atoms with van der Waals surface area (Å²) in [4.78, 5) is 18.5. The summed E-state index contributed by atoms with van der Waals surface area (Å²) in [7, 11) is 0. The van der Waals surface area contributed by atoms with Crippen LogP contribution in [-0.2, 0) is 11.2 Å². The number of halogens is 1. The van der Waals surface area contributed by atoms with Crippen LogP contribution < -0.4 is 4.74 Å². The van der Waals surface area contributed by atoms with E-state index in [0.29, 0.717) is 22.9 Å². The van der Waals surface area contributed by atoms with Gasteiger partial charge in [-0.2, -0.15) is 0 Å².